The number of thiazole rings is 1. The first-order valence-corrected chi connectivity index (χ1v) is 9.62. The minimum absolute atomic E-state index is 0.0694. The lowest BCUT2D eigenvalue weighted by molar-refractivity contribution is 0.103. The Morgan fingerprint density at radius 2 is 1.92 bits per heavy atom. The number of carbonyl (C=O) groups is 1. The molecule has 1 saturated heterocycles. The standard InChI is InChI=1S/C19H26N4OS/c1-14-18(25-17(20-14)10-13-23-11-4-5-12-23)19(24)21-15-6-8-16(9-7-15)22(2)3/h6-9H,4-5,10-13H2,1-3H3,(H,21,24). The molecule has 25 heavy (non-hydrogen) atoms. The van der Waals surface area contributed by atoms with Crippen molar-refractivity contribution in [3.8, 4) is 0 Å². The summed E-state index contributed by atoms with van der Waals surface area (Å²) in [7, 11) is 4.00. The molecule has 0 spiro atoms. The summed E-state index contributed by atoms with van der Waals surface area (Å²) < 4.78 is 0. The topological polar surface area (TPSA) is 48.5 Å². The van der Waals surface area contributed by atoms with E-state index in [0.717, 1.165) is 35.0 Å². The van der Waals surface area contributed by atoms with Crippen LogP contribution in [0.15, 0.2) is 24.3 Å². The number of anilines is 2. The van der Waals surface area contributed by atoms with Crippen LogP contribution in [0.2, 0.25) is 0 Å². The molecular weight excluding hydrogens is 332 g/mol. The molecule has 2 heterocycles. The third kappa shape index (κ3) is 4.58. The van der Waals surface area contributed by atoms with Crippen LogP contribution in [-0.2, 0) is 6.42 Å². The monoisotopic (exact) mass is 358 g/mol. The lowest BCUT2D eigenvalue weighted by Gasteiger charge is -2.13. The van der Waals surface area contributed by atoms with Crippen molar-refractivity contribution in [2.75, 3.05) is 43.9 Å². The van der Waals surface area contributed by atoms with Crippen LogP contribution >= 0.6 is 11.3 Å². The number of carbonyl (C=O) groups excluding carboxylic acids is 1. The average molecular weight is 359 g/mol. The molecule has 5 nitrogen and oxygen atoms in total. The summed E-state index contributed by atoms with van der Waals surface area (Å²) in [5.74, 6) is -0.0694. The molecule has 0 saturated carbocycles. The Kier molecular flexibility index (Phi) is 5.71. The summed E-state index contributed by atoms with van der Waals surface area (Å²) in [4.78, 5) is 22.4. The fraction of sp³-hybridized carbons (Fsp3) is 0.474. The molecule has 1 fully saturated rings. The van der Waals surface area contributed by atoms with Gasteiger partial charge in [-0.1, -0.05) is 0 Å². The minimum Gasteiger partial charge on any atom is -0.378 e. The molecule has 1 N–H and O–H groups in total. The number of amides is 1. The fourth-order valence-electron chi connectivity index (χ4n) is 3.06. The average Bonchev–Trinajstić information content (AvgIpc) is 3.22. The van der Waals surface area contributed by atoms with Gasteiger partial charge >= 0.3 is 0 Å². The zero-order chi connectivity index (χ0) is 17.8. The third-order valence-electron chi connectivity index (χ3n) is 4.53. The van der Waals surface area contributed by atoms with Crippen molar-refractivity contribution in [2.45, 2.75) is 26.2 Å². The molecule has 1 amide bonds. The maximum Gasteiger partial charge on any atom is 0.267 e. The maximum absolute atomic E-state index is 12.6. The third-order valence-corrected chi connectivity index (χ3v) is 5.75. The van der Waals surface area contributed by atoms with Gasteiger partial charge in [-0.3, -0.25) is 4.79 Å². The van der Waals surface area contributed by atoms with Crippen molar-refractivity contribution < 1.29 is 4.79 Å². The van der Waals surface area contributed by atoms with E-state index < -0.39 is 0 Å². The van der Waals surface area contributed by atoms with Crippen LogP contribution in [0, 0.1) is 6.92 Å². The van der Waals surface area contributed by atoms with Crippen molar-refractivity contribution in [2.24, 2.45) is 0 Å². The Morgan fingerprint density at radius 3 is 2.56 bits per heavy atom. The molecule has 0 unspecified atom stereocenters. The van der Waals surface area contributed by atoms with E-state index in [2.05, 4.69) is 15.2 Å². The van der Waals surface area contributed by atoms with Crippen molar-refractivity contribution in [3.05, 3.63) is 39.8 Å². The van der Waals surface area contributed by atoms with Crippen LogP contribution < -0.4 is 10.2 Å². The molecule has 1 aliphatic heterocycles. The molecule has 0 bridgehead atoms. The molecule has 0 aliphatic carbocycles. The Labute approximate surface area is 153 Å². The molecule has 3 rings (SSSR count). The van der Waals surface area contributed by atoms with Gasteiger partial charge in [-0.2, -0.15) is 0 Å². The first-order valence-electron chi connectivity index (χ1n) is 8.80. The summed E-state index contributed by atoms with van der Waals surface area (Å²) >= 11 is 1.52. The van der Waals surface area contributed by atoms with E-state index in [1.165, 1.54) is 37.3 Å². The number of nitrogens with one attached hydrogen (secondary N) is 1. The second-order valence-electron chi connectivity index (χ2n) is 6.72. The Bertz CT molecular complexity index is 718. The van der Waals surface area contributed by atoms with E-state index in [1.54, 1.807) is 0 Å². The minimum atomic E-state index is -0.0694. The van der Waals surface area contributed by atoms with Crippen molar-refractivity contribution in [1.29, 1.82) is 0 Å². The zero-order valence-electron chi connectivity index (χ0n) is 15.2. The summed E-state index contributed by atoms with van der Waals surface area (Å²) in [6.07, 6.45) is 3.53. The Balaban J connectivity index is 1.61. The largest absolute Gasteiger partial charge is 0.378 e. The van der Waals surface area contributed by atoms with Crippen molar-refractivity contribution >= 4 is 28.6 Å². The predicted octanol–water partition coefficient (Wildman–Crippen LogP) is 3.41. The van der Waals surface area contributed by atoms with Crippen molar-refractivity contribution in [1.82, 2.24) is 9.88 Å². The van der Waals surface area contributed by atoms with Crippen LogP contribution in [-0.4, -0.2) is 49.5 Å². The molecular formula is C19H26N4OS. The lowest BCUT2D eigenvalue weighted by atomic mass is 10.2. The molecule has 6 heteroatoms. The van der Waals surface area contributed by atoms with Crippen LogP contribution in [0.25, 0.3) is 0 Å². The number of aryl methyl sites for hydroxylation is 1. The van der Waals surface area contributed by atoms with E-state index in [0.29, 0.717) is 4.88 Å². The van der Waals surface area contributed by atoms with E-state index >= 15 is 0 Å². The molecule has 0 atom stereocenters. The molecule has 1 aromatic heterocycles. The summed E-state index contributed by atoms with van der Waals surface area (Å²) in [5.41, 5.74) is 2.74. The van der Waals surface area contributed by atoms with Crippen LogP contribution in [0.1, 0.15) is 33.2 Å². The number of hydrogen-bond donors (Lipinski definition) is 1. The number of hydrogen-bond acceptors (Lipinski definition) is 5. The molecule has 134 valence electrons. The maximum atomic E-state index is 12.6. The van der Waals surface area contributed by atoms with Crippen molar-refractivity contribution in [3.63, 3.8) is 0 Å². The van der Waals surface area contributed by atoms with Gasteiger partial charge in [0.05, 0.1) is 10.7 Å². The van der Waals surface area contributed by atoms with Gasteiger partial charge in [-0.05, 0) is 57.1 Å². The van der Waals surface area contributed by atoms with E-state index in [9.17, 15) is 4.79 Å². The molecule has 1 aliphatic rings. The highest BCUT2D eigenvalue weighted by Gasteiger charge is 2.17. The number of rotatable bonds is 6. The van der Waals surface area contributed by atoms with Crippen LogP contribution in [0.5, 0.6) is 0 Å². The summed E-state index contributed by atoms with van der Waals surface area (Å²) in [5, 5.41) is 4.03. The first-order chi connectivity index (χ1) is 12.0. The highest BCUT2D eigenvalue weighted by molar-refractivity contribution is 7.13. The number of benzene rings is 1. The predicted molar refractivity (Wildman–Crippen MR) is 105 cm³/mol. The number of nitrogens with zero attached hydrogens (tertiary/aromatic N) is 3. The summed E-state index contributed by atoms with van der Waals surface area (Å²) in [6.45, 7) is 5.35. The molecule has 2 aromatic rings. The van der Waals surface area contributed by atoms with Crippen LogP contribution in [0.3, 0.4) is 0 Å². The number of likely N-dealkylation sites (tertiary alicyclic amines) is 1. The van der Waals surface area contributed by atoms with E-state index in [1.807, 2.05) is 50.2 Å². The summed E-state index contributed by atoms with van der Waals surface area (Å²) in [6, 6.07) is 7.85. The second-order valence-corrected chi connectivity index (χ2v) is 7.80. The van der Waals surface area contributed by atoms with Gasteiger partial charge in [0.15, 0.2) is 0 Å². The van der Waals surface area contributed by atoms with Gasteiger partial charge in [0, 0.05) is 38.4 Å². The van der Waals surface area contributed by atoms with Gasteiger partial charge in [-0.15, -0.1) is 11.3 Å². The molecule has 0 radical (unpaired) electrons. The quantitative estimate of drug-likeness (QED) is 0.860. The van der Waals surface area contributed by atoms with E-state index in [4.69, 9.17) is 0 Å². The normalized spacial score (nSPS) is 14.7. The highest BCUT2D eigenvalue weighted by atomic mass is 32.1. The van der Waals surface area contributed by atoms with Gasteiger partial charge in [0.2, 0.25) is 0 Å². The van der Waals surface area contributed by atoms with Crippen LogP contribution in [0.4, 0.5) is 11.4 Å². The van der Waals surface area contributed by atoms with E-state index in [-0.39, 0.29) is 5.91 Å². The van der Waals surface area contributed by atoms with Gasteiger partial charge in [-0.25, -0.2) is 4.98 Å². The first kappa shape index (κ1) is 17.9. The van der Waals surface area contributed by atoms with Gasteiger partial charge in [0.25, 0.3) is 5.91 Å². The zero-order valence-corrected chi connectivity index (χ0v) is 16.0. The second kappa shape index (κ2) is 7.97. The van der Waals surface area contributed by atoms with Gasteiger partial charge in [0.1, 0.15) is 4.88 Å². The SMILES string of the molecule is Cc1nc(CCN2CCCC2)sc1C(=O)Nc1ccc(N(C)C)cc1. The lowest BCUT2D eigenvalue weighted by Crippen LogP contribution is -2.21. The number of aromatic nitrogens is 1. The Hall–Kier alpha value is -1.92. The smallest absolute Gasteiger partial charge is 0.267 e. The highest BCUT2D eigenvalue weighted by Crippen LogP contribution is 2.22. The Morgan fingerprint density at radius 1 is 1.24 bits per heavy atom. The fourth-order valence-corrected chi connectivity index (χ4v) is 4.01. The van der Waals surface area contributed by atoms with Gasteiger partial charge < -0.3 is 15.1 Å². The molecule has 1 aromatic carbocycles.